The summed E-state index contributed by atoms with van der Waals surface area (Å²) in [4.78, 5) is 4.32. The Balaban J connectivity index is 2.54. The van der Waals surface area contributed by atoms with Crippen LogP contribution in [0.25, 0.3) is 0 Å². The summed E-state index contributed by atoms with van der Waals surface area (Å²) >= 11 is 0. The fourth-order valence-electron chi connectivity index (χ4n) is 1.78. The zero-order valence-corrected chi connectivity index (χ0v) is 11.2. The van der Waals surface area contributed by atoms with Gasteiger partial charge in [-0.15, -0.1) is 0 Å². The van der Waals surface area contributed by atoms with Crippen molar-refractivity contribution in [3.63, 3.8) is 0 Å². The van der Waals surface area contributed by atoms with Gasteiger partial charge < -0.3 is 5.32 Å². The van der Waals surface area contributed by atoms with E-state index in [4.69, 9.17) is 0 Å². The molecule has 4 nitrogen and oxygen atoms in total. The van der Waals surface area contributed by atoms with Crippen LogP contribution in [0.4, 0.5) is 0 Å². The van der Waals surface area contributed by atoms with Crippen molar-refractivity contribution in [3.8, 4) is 0 Å². The van der Waals surface area contributed by atoms with E-state index < -0.39 is 0 Å². The van der Waals surface area contributed by atoms with Crippen LogP contribution in [0.2, 0.25) is 0 Å². The number of rotatable bonds is 6. The van der Waals surface area contributed by atoms with Gasteiger partial charge in [0.25, 0.3) is 0 Å². The van der Waals surface area contributed by atoms with Crippen LogP contribution in [0.15, 0.2) is 0 Å². The largest absolute Gasteiger partial charge is 0.316 e. The molecule has 1 aromatic rings. The number of aryl methyl sites for hydroxylation is 2. The molecule has 16 heavy (non-hydrogen) atoms. The Morgan fingerprint density at radius 1 is 1.31 bits per heavy atom. The van der Waals surface area contributed by atoms with Gasteiger partial charge in [0, 0.05) is 13.1 Å². The second-order valence-electron chi connectivity index (χ2n) is 5.20. The lowest BCUT2D eigenvalue weighted by Crippen LogP contribution is -2.34. The maximum Gasteiger partial charge on any atom is 0.147 e. The van der Waals surface area contributed by atoms with E-state index in [0.29, 0.717) is 0 Å². The molecule has 0 radical (unpaired) electrons. The maximum atomic E-state index is 4.40. The Bertz CT molecular complexity index is 328. The van der Waals surface area contributed by atoms with Crippen LogP contribution < -0.4 is 5.32 Å². The van der Waals surface area contributed by atoms with Gasteiger partial charge in [0.2, 0.25) is 0 Å². The van der Waals surface area contributed by atoms with Crippen molar-refractivity contribution in [2.45, 2.75) is 47.6 Å². The number of nitrogens with one attached hydrogen (secondary N) is 1. The summed E-state index contributed by atoms with van der Waals surface area (Å²) in [7, 11) is 0. The molecule has 0 saturated heterocycles. The number of nitrogens with zero attached hydrogens (tertiary/aromatic N) is 3. The zero-order chi connectivity index (χ0) is 12.2. The minimum absolute atomic E-state index is 0.208. The van der Waals surface area contributed by atoms with Crippen LogP contribution >= 0.6 is 0 Å². The van der Waals surface area contributed by atoms with E-state index in [1.54, 1.807) is 0 Å². The van der Waals surface area contributed by atoms with Gasteiger partial charge in [-0.2, -0.15) is 5.10 Å². The summed E-state index contributed by atoms with van der Waals surface area (Å²) in [5, 5.41) is 7.86. The highest BCUT2D eigenvalue weighted by molar-refractivity contribution is 4.89. The molecule has 0 atom stereocenters. The van der Waals surface area contributed by atoms with E-state index in [-0.39, 0.29) is 5.41 Å². The lowest BCUT2D eigenvalue weighted by Gasteiger charge is -2.25. The standard InChI is InChI=1S/C12H24N4/c1-6-7-13-8-12(4,5)9-16-11(3)14-10(2)15-16/h13H,6-9H2,1-5H3. The van der Waals surface area contributed by atoms with E-state index in [0.717, 1.165) is 31.3 Å². The van der Waals surface area contributed by atoms with Gasteiger partial charge in [0.1, 0.15) is 11.6 Å². The molecule has 0 unspecified atom stereocenters. The van der Waals surface area contributed by atoms with Crippen LogP contribution in [0.1, 0.15) is 38.8 Å². The van der Waals surface area contributed by atoms with Gasteiger partial charge in [-0.25, -0.2) is 9.67 Å². The van der Waals surface area contributed by atoms with Crippen molar-refractivity contribution in [2.75, 3.05) is 13.1 Å². The molecule has 0 bridgehead atoms. The van der Waals surface area contributed by atoms with Crippen molar-refractivity contribution >= 4 is 0 Å². The Labute approximate surface area is 98.5 Å². The van der Waals surface area contributed by atoms with E-state index >= 15 is 0 Å². The van der Waals surface area contributed by atoms with Crippen molar-refractivity contribution in [2.24, 2.45) is 5.41 Å². The van der Waals surface area contributed by atoms with Crippen molar-refractivity contribution in [1.82, 2.24) is 20.1 Å². The van der Waals surface area contributed by atoms with Gasteiger partial charge in [-0.05, 0) is 32.2 Å². The molecule has 0 aliphatic rings. The molecule has 0 saturated carbocycles. The van der Waals surface area contributed by atoms with Gasteiger partial charge in [0.05, 0.1) is 0 Å². The number of hydrogen-bond donors (Lipinski definition) is 1. The maximum absolute atomic E-state index is 4.40. The molecular formula is C12H24N4. The topological polar surface area (TPSA) is 42.7 Å². The second-order valence-corrected chi connectivity index (χ2v) is 5.20. The Kier molecular flexibility index (Phi) is 4.47. The highest BCUT2D eigenvalue weighted by atomic mass is 15.3. The minimum atomic E-state index is 0.208. The Morgan fingerprint density at radius 2 is 2.00 bits per heavy atom. The molecule has 0 aromatic carbocycles. The summed E-state index contributed by atoms with van der Waals surface area (Å²) < 4.78 is 2.00. The van der Waals surface area contributed by atoms with Gasteiger partial charge >= 0.3 is 0 Å². The molecule has 1 N–H and O–H groups in total. The second kappa shape index (κ2) is 5.43. The molecule has 0 aliphatic heterocycles. The van der Waals surface area contributed by atoms with Crippen molar-refractivity contribution < 1.29 is 0 Å². The first-order valence-electron chi connectivity index (χ1n) is 6.03. The van der Waals surface area contributed by atoms with Crippen LogP contribution in [-0.2, 0) is 6.54 Å². The SMILES string of the molecule is CCCNCC(C)(C)Cn1nc(C)nc1C. The van der Waals surface area contributed by atoms with Gasteiger partial charge in [0.15, 0.2) is 0 Å². The molecule has 0 spiro atoms. The molecule has 92 valence electrons. The van der Waals surface area contributed by atoms with Crippen LogP contribution in [-0.4, -0.2) is 27.9 Å². The predicted octanol–water partition coefficient (Wildman–Crippen LogP) is 1.92. The number of aromatic nitrogens is 3. The molecule has 1 heterocycles. The van der Waals surface area contributed by atoms with E-state index in [1.165, 1.54) is 6.42 Å². The molecule has 0 fully saturated rings. The zero-order valence-electron chi connectivity index (χ0n) is 11.2. The number of hydrogen-bond acceptors (Lipinski definition) is 3. The van der Waals surface area contributed by atoms with Crippen molar-refractivity contribution in [1.29, 1.82) is 0 Å². The van der Waals surface area contributed by atoms with Gasteiger partial charge in [-0.1, -0.05) is 20.8 Å². The minimum Gasteiger partial charge on any atom is -0.316 e. The monoisotopic (exact) mass is 224 g/mol. The van der Waals surface area contributed by atoms with Crippen LogP contribution in [0.3, 0.4) is 0 Å². The molecular weight excluding hydrogens is 200 g/mol. The summed E-state index contributed by atoms with van der Waals surface area (Å²) in [6.07, 6.45) is 1.18. The Hall–Kier alpha value is -0.900. The van der Waals surface area contributed by atoms with Crippen molar-refractivity contribution in [3.05, 3.63) is 11.6 Å². The Morgan fingerprint density at radius 3 is 2.50 bits per heavy atom. The molecule has 1 rings (SSSR count). The van der Waals surface area contributed by atoms with Gasteiger partial charge in [-0.3, -0.25) is 0 Å². The average Bonchev–Trinajstić information content (AvgIpc) is 2.44. The lowest BCUT2D eigenvalue weighted by molar-refractivity contribution is 0.273. The molecule has 4 heteroatoms. The predicted molar refractivity (Wildman–Crippen MR) is 66.4 cm³/mol. The quantitative estimate of drug-likeness (QED) is 0.751. The molecule has 0 aliphatic carbocycles. The lowest BCUT2D eigenvalue weighted by atomic mass is 9.93. The first-order chi connectivity index (χ1) is 7.44. The third-order valence-electron chi connectivity index (χ3n) is 2.57. The summed E-state index contributed by atoms with van der Waals surface area (Å²) in [6.45, 7) is 13.7. The molecule has 0 amide bonds. The van der Waals surface area contributed by atoms with Crippen LogP contribution in [0.5, 0.6) is 0 Å². The third kappa shape index (κ3) is 3.93. The highest BCUT2D eigenvalue weighted by Crippen LogP contribution is 2.17. The van der Waals surface area contributed by atoms with E-state index in [1.807, 2.05) is 18.5 Å². The normalized spacial score (nSPS) is 12.1. The summed E-state index contributed by atoms with van der Waals surface area (Å²) in [6, 6.07) is 0. The smallest absolute Gasteiger partial charge is 0.147 e. The fraction of sp³-hybridized carbons (Fsp3) is 0.833. The first-order valence-corrected chi connectivity index (χ1v) is 6.03. The van der Waals surface area contributed by atoms with E-state index in [9.17, 15) is 0 Å². The van der Waals surface area contributed by atoms with Crippen LogP contribution in [0, 0.1) is 19.3 Å². The summed E-state index contributed by atoms with van der Waals surface area (Å²) in [5.74, 6) is 1.86. The summed E-state index contributed by atoms with van der Waals surface area (Å²) in [5.41, 5.74) is 0.208. The molecule has 1 aromatic heterocycles. The first kappa shape index (κ1) is 13.2. The third-order valence-corrected chi connectivity index (χ3v) is 2.57. The van der Waals surface area contributed by atoms with E-state index in [2.05, 4.69) is 36.2 Å². The fourth-order valence-corrected chi connectivity index (χ4v) is 1.78. The average molecular weight is 224 g/mol. The highest BCUT2D eigenvalue weighted by Gasteiger charge is 2.19.